The summed E-state index contributed by atoms with van der Waals surface area (Å²) in [6.07, 6.45) is 8.05. The smallest absolute Gasteiger partial charge is 0.149 e. The van der Waals surface area contributed by atoms with Crippen molar-refractivity contribution in [3.63, 3.8) is 0 Å². The highest BCUT2D eigenvalue weighted by Gasteiger charge is 2.37. The van der Waals surface area contributed by atoms with E-state index in [0.717, 1.165) is 44.5 Å². The van der Waals surface area contributed by atoms with Gasteiger partial charge >= 0.3 is 0 Å². The molecule has 18 heavy (non-hydrogen) atoms. The van der Waals surface area contributed by atoms with Crippen molar-refractivity contribution in [2.75, 3.05) is 26.2 Å². The molecule has 0 atom stereocenters. The average molecular weight is 250 g/mol. The normalized spacial score (nSPS) is 18.2. The Morgan fingerprint density at radius 1 is 1.11 bits per heavy atom. The third-order valence-electron chi connectivity index (χ3n) is 3.94. The second-order valence-electron chi connectivity index (χ2n) is 4.58. The number of allylic oxidation sites excluding steroid dienone is 2. The lowest BCUT2D eigenvalue weighted by atomic mass is 9.93. The van der Waals surface area contributed by atoms with Gasteiger partial charge < -0.3 is 0 Å². The van der Waals surface area contributed by atoms with Crippen molar-refractivity contribution >= 4 is 6.29 Å². The van der Waals surface area contributed by atoms with Crippen LogP contribution in [0.3, 0.4) is 0 Å². The van der Waals surface area contributed by atoms with Gasteiger partial charge in [-0.15, -0.1) is 0 Å². The SMILES string of the molecule is CCN(CC)C1(N(CC)CC)C=CC(C=O)=CC1. The predicted octanol–water partition coefficient (Wildman–Crippen LogP) is 2.45. The minimum atomic E-state index is -0.0560. The molecular formula is C15H26N2O. The van der Waals surface area contributed by atoms with Crippen molar-refractivity contribution in [2.45, 2.75) is 39.8 Å². The van der Waals surface area contributed by atoms with E-state index in [1.165, 1.54) is 0 Å². The fourth-order valence-electron chi connectivity index (χ4n) is 2.93. The number of hydrogen-bond donors (Lipinski definition) is 0. The molecule has 1 aliphatic carbocycles. The van der Waals surface area contributed by atoms with E-state index in [2.05, 4.69) is 49.6 Å². The number of aldehydes is 1. The van der Waals surface area contributed by atoms with E-state index in [1.54, 1.807) is 0 Å². The Morgan fingerprint density at radius 2 is 1.61 bits per heavy atom. The van der Waals surface area contributed by atoms with Crippen LogP contribution in [0.5, 0.6) is 0 Å². The minimum Gasteiger partial charge on any atom is -0.298 e. The van der Waals surface area contributed by atoms with Crippen molar-refractivity contribution < 1.29 is 4.79 Å². The quantitative estimate of drug-likeness (QED) is 0.512. The van der Waals surface area contributed by atoms with Gasteiger partial charge in [-0.1, -0.05) is 39.8 Å². The van der Waals surface area contributed by atoms with E-state index in [1.807, 2.05) is 6.08 Å². The van der Waals surface area contributed by atoms with E-state index in [-0.39, 0.29) is 5.66 Å². The van der Waals surface area contributed by atoms with E-state index in [9.17, 15) is 4.79 Å². The van der Waals surface area contributed by atoms with Gasteiger partial charge in [0, 0.05) is 12.0 Å². The van der Waals surface area contributed by atoms with E-state index in [0.29, 0.717) is 0 Å². The largest absolute Gasteiger partial charge is 0.298 e. The van der Waals surface area contributed by atoms with E-state index < -0.39 is 0 Å². The standard InChI is InChI=1S/C15H26N2O/c1-5-16(6-2)15(17(7-3)8-4)11-9-14(13-18)10-12-15/h9-11,13H,5-8,12H2,1-4H3. The van der Waals surface area contributed by atoms with Gasteiger partial charge in [-0.3, -0.25) is 14.6 Å². The number of carbonyl (C=O) groups is 1. The minimum absolute atomic E-state index is 0.0560. The van der Waals surface area contributed by atoms with Crippen LogP contribution >= 0.6 is 0 Å². The summed E-state index contributed by atoms with van der Waals surface area (Å²) >= 11 is 0. The van der Waals surface area contributed by atoms with Crippen LogP contribution in [0.1, 0.15) is 34.1 Å². The second kappa shape index (κ2) is 6.86. The maximum Gasteiger partial charge on any atom is 0.149 e. The lowest BCUT2D eigenvalue weighted by Crippen LogP contribution is -2.59. The number of likely N-dealkylation sites (N-methyl/N-ethyl adjacent to an activating group) is 2. The fraction of sp³-hybridized carbons (Fsp3) is 0.667. The molecule has 0 radical (unpaired) electrons. The van der Waals surface area contributed by atoms with Crippen LogP contribution in [0.2, 0.25) is 0 Å². The molecular weight excluding hydrogens is 224 g/mol. The van der Waals surface area contributed by atoms with Gasteiger partial charge in [-0.05, 0) is 32.3 Å². The molecule has 0 N–H and O–H groups in total. The van der Waals surface area contributed by atoms with Crippen LogP contribution in [0.4, 0.5) is 0 Å². The summed E-state index contributed by atoms with van der Waals surface area (Å²) in [6.45, 7) is 12.8. The molecule has 0 spiro atoms. The third-order valence-corrected chi connectivity index (χ3v) is 3.94. The number of hydrogen-bond acceptors (Lipinski definition) is 3. The number of carbonyl (C=O) groups excluding carboxylic acids is 1. The zero-order chi connectivity index (χ0) is 13.6. The summed E-state index contributed by atoms with van der Waals surface area (Å²) in [6, 6.07) is 0. The summed E-state index contributed by atoms with van der Waals surface area (Å²) in [7, 11) is 0. The van der Waals surface area contributed by atoms with Gasteiger partial charge in [0.25, 0.3) is 0 Å². The molecule has 0 bridgehead atoms. The molecule has 0 aromatic carbocycles. The van der Waals surface area contributed by atoms with Gasteiger partial charge in [0.05, 0.1) is 5.66 Å². The molecule has 3 heteroatoms. The first-order valence-corrected chi connectivity index (χ1v) is 7.03. The van der Waals surface area contributed by atoms with Crippen LogP contribution in [-0.4, -0.2) is 47.9 Å². The Balaban J connectivity index is 3.08. The van der Waals surface area contributed by atoms with Crippen molar-refractivity contribution in [1.82, 2.24) is 9.80 Å². The maximum atomic E-state index is 10.8. The number of rotatable bonds is 7. The third kappa shape index (κ3) is 2.73. The molecule has 1 aliphatic rings. The summed E-state index contributed by atoms with van der Waals surface area (Å²) in [5.74, 6) is 0. The Hall–Kier alpha value is -0.930. The molecule has 3 nitrogen and oxygen atoms in total. The Labute approximate surface area is 111 Å². The lowest BCUT2D eigenvalue weighted by molar-refractivity contribution is -0.104. The van der Waals surface area contributed by atoms with Crippen molar-refractivity contribution in [3.05, 3.63) is 23.8 Å². The molecule has 0 heterocycles. The summed E-state index contributed by atoms with van der Waals surface area (Å²) in [5, 5.41) is 0. The second-order valence-corrected chi connectivity index (χ2v) is 4.58. The maximum absolute atomic E-state index is 10.8. The highest BCUT2D eigenvalue weighted by Crippen LogP contribution is 2.30. The fourth-order valence-corrected chi connectivity index (χ4v) is 2.93. The van der Waals surface area contributed by atoms with Gasteiger partial charge in [0.1, 0.15) is 6.29 Å². The topological polar surface area (TPSA) is 23.6 Å². The van der Waals surface area contributed by atoms with Crippen LogP contribution in [-0.2, 0) is 4.79 Å². The summed E-state index contributed by atoms with van der Waals surface area (Å²) < 4.78 is 0. The van der Waals surface area contributed by atoms with Crippen molar-refractivity contribution in [3.8, 4) is 0 Å². The van der Waals surface area contributed by atoms with Crippen LogP contribution in [0.25, 0.3) is 0 Å². The van der Waals surface area contributed by atoms with Crippen molar-refractivity contribution in [1.29, 1.82) is 0 Å². The summed E-state index contributed by atoms with van der Waals surface area (Å²) in [5.41, 5.74) is 0.740. The molecule has 0 fully saturated rings. The van der Waals surface area contributed by atoms with Gasteiger partial charge in [-0.2, -0.15) is 0 Å². The van der Waals surface area contributed by atoms with Crippen LogP contribution in [0, 0.1) is 0 Å². The summed E-state index contributed by atoms with van der Waals surface area (Å²) in [4.78, 5) is 15.8. The zero-order valence-corrected chi connectivity index (χ0v) is 12.1. The predicted molar refractivity (Wildman–Crippen MR) is 76.5 cm³/mol. The molecule has 0 aromatic heterocycles. The molecule has 0 saturated heterocycles. The van der Waals surface area contributed by atoms with Crippen LogP contribution in [0.15, 0.2) is 23.8 Å². The molecule has 0 aromatic rings. The molecule has 0 unspecified atom stereocenters. The highest BCUT2D eigenvalue weighted by atomic mass is 16.1. The molecule has 1 rings (SSSR count). The van der Waals surface area contributed by atoms with Gasteiger partial charge in [0.15, 0.2) is 0 Å². The average Bonchev–Trinajstić information content (AvgIpc) is 2.42. The Morgan fingerprint density at radius 3 is 1.89 bits per heavy atom. The lowest BCUT2D eigenvalue weighted by Gasteiger charge is -2.49. The highest BCUT2D eigenvalue weighted by molar-refractivity contribution is 5.78. The Bertz CT molecular complexity index is 313. The van der Waals surface area contributed by atoms with Gasteiger partial charge in [-0.25, -0.2) is 0 Å². The Kier molecular flexibility index (Phi) is 5.76. The number of nitrogens with zero attached hydrogens (tertiary/aromatic N) is 2. The molecule has 102 valence electrons. The molecule has 0 aliphatic heterocycles. The first-order chi connectivity index (χ1) is 8.68. The van der Waals surface area contributed by atoms with E-state index in [4.69, 9.17) is 0 Å². The first kappa shape index (κ1) is 15.1. The monoisotopic (exact) mass is 250 g/mol. The first-order valence-electron chi connectivity index (χ1n) is 7.03. The van der Waals surface area contributed by atoms with Crippen molar-refractivity contribution in [2.24, 2.45) is 0 Å². The molecule has 0 amide bonds. The molecule has 0 saturated carbocycles. The van der Waals surface area contributed by atoms with Crippen LogP contribution < -0.4 is 0 Å². The van der Waals surface area contributed by atoms with Gasteiger partial charge in [0.2, 0.25) is 0 Å². The van der Waals surface area contributed by atoms with E-state index >= 15 is 0 Å². The zero-order valence-electron chi connectivity index (χ0n) is 12.1.